The highest BCUT2D eigenvalue weighted by Crippen LogP contribution is 2.27. The summed E-state index contributed by atoms with van der Waals surface area (Å²) in [4.78, 5) is 28.8. The van der Waals surface area contributed by atoms with Crippen molar-refractivity contribution in [3.8, 4) is 5.75 Å². The van der Waals surface area contributed by atoms with Gasteiger partial charge in [0.2, 0.25) is 5.91 Å². The van der Waals surface area contributed by atoms with Gasteiger partial charge in [-0.3, -0.25) is 9.59 Å². The lowest BCUT2D eigenvalue weighted by molar-refractivity contribution is -0.142. The molecule has 3 aromatic carbocycles. The molecule has 0 saturated carbocycles. The van der Waals surface area contributed by atoms with Crippen LogP contribution in [0.4, 0.5) is 0 Å². The minimum absolute atomic E-state index is 0.187. The molecule has 0 heterocycles. The maximum atomic E-state index is 13.7. The summed E-state index contributed by atoms with van der Waals surface area (Å²) in [6.45, 7) is 6.59. The monoisotopic (exact) mass is 584 g/mol. The summed E-state index contributed by atoms with van der Waals surface area (Å²) in [7, 11) is 0. The molecule has 1 N–H and O–H groups in total. The van der Waals surface area contributed by atoms with Crippen molar-refractivity contribution in [2.75, 3.05) is 13.2 Å². The molecule has 0 aliphatic heterocycles. The van der Waals surface area contributed by atoms with E-state index in [1.165, 1.54) is 0 Å². The fourth-order valence-electron chi connectivity index (χ4n) is 4.09. The lowest BCUT2D eigenvalue weighted by Gasteiger charge is -2.31. The molecule has 0 aromatic heterocycles. The number of hydrogen-bond acceptors (Lipinski definition) is 3. The summed E-state index contributed by atoms with van der Waals surface area (Å²) in [5, 5.41) is 3.57. The van der Waals surface area contributed by atoms with Gasteiger partial charge < -0.3 is 15.0 Å². The van der Waals surface area contributed by atoms with Gasteiger partial charge in [0, 0.05) is 29.0 Å². The zero-order chi connectivity index (χ0) is 26.8. The topological polar surface area (TPSA) is 58.6 Å². The first kappa shape index (κ1) is 28.7. The molecule has 0 fully saturated rings. The van der Waals surface area contributed by atoms with Crippen LogP contribution in [0.5, 0.6) is 5.75 Å². The number of carbonyl (C=O) groups excluding carboxylic acids is 2. The van der Waals surface area contributed by atoms with Gasteiger partial charge in [-0.15, -0.1) is 0 Å². The molecule has 7 heteroatoms. The van der Waals surface area contributed by atoms with Gasteiger partial charge in [0.05, 0.1) is 0 Å². The van der Waals surface area contributed by atoms with Gasteiger partial charge in [-0.1, -0.05) is 89.4 Å². The summed E-state index contributed by atoms with van der Waals surface area (Å²) in [6.07, 6.45) is 2.21. The van der Waals surface area contributed by atoms with Crippen LogP contribution in [0, 0.1) is 13.8 Å². The molecule has 2 amide bonds. The van der Waals surface area contributed by atoms with E-state index in [1.54, 1.807) is 11.0 Å². The molecular formula is C30H34BrClN2O3. The van der Waals surface area contributed by atoms with Gasteiger partial charge in [0.15, 0.2) is 6.61 Å². The van der Waals surface area contributed by atoms with E-state index in [0.717, 1.165) is 39.6 Å². The Kier molecular flexibility index (Phi) is 11.0. The molecule has 5 nitrogen and oxygen atoms in total. The molecule has 0 spiro atoms. The van der Waals surface area contributed by atoms with Crippen molar-refractivity contribution in [1.82, 2.24) is 10.2 Å². The second-order valence-corrected chi connectivity index (χ2v) is 10.3. The van der Waals surface area contributed by atoms with Gasteiger partial charge in [0.25, 0.3) is 5.91 Å². The number of benzene rings is 3. The molecule has 0 radical (unpaired) electrons. The number of nitrogens with zero attached hydrogens (tertiary/aromatic N) is 1. The molecule has 1 unspecified atom stereocenters. The zero-order valence-corrected chi connectivity index (χ0v) is 23.9. The third kappa shape index (κ3) is 8.34. The molecular weight excluding hydrogens is 552 g/mol. The van der Waals surface area contributed by atoms with Crippen LogP contribution < -0.4 is 10.1 Å². The van der Waals surface area contributed by atoms with Gasteiger partial charge in [-0.25, -0.2) is 0 Å². The molecule has 0 aliphatic rings. The number of carbonyl (C=O) groups is 2. The Morgan fingerprint density at radius 3 is 2.32 bits per heavy atom. The molecule has 0 bridgehead atoms. The fourth-order valence-corrected chi connectivity index (χ4v) is 4.51. The van der Waals surface area contributed by atoms with Crippen molar-refractivity contribution >= 4 is 39.3 Å². The first-order valence-electron chi connectivity index (χ1n) is 12.5. The Morgan fingerprint density at radius 2 is 1.68 bits per heavy atom. The number of rotatable bonds is 12. The van der Waals surface area contributed by atoms with Crippen LogP contribution in [0.2, 0.25) is 5.02 Å². The van der Waals surface area contributed by atoms with Gasteiger partial charge in [-0.2, -0.15) is 0 Å². The Balaban J connectivity index is 1.91. The molecule has 37 heavy (non-hydrogen) atoms. The van der Waals surface area contributed by atoms with E-state index in [0.29, 0.717) is 23.7 Å². The lowest BCUT2D eigenvalue weighted by atomic mass is 10.0. The molecule has 0 saturated heterocycles. The predicted molar refractivity (Wildman–Crippen MR) is 153 cm³/mol. The van der Waals surface area contributed by atoms with Crippen LogP contribution in [-0.4, -0.2) is 35.9 Å². The average Bonchev–Trinajstić information content (AvgIpc) is 2.89. The molecule has 1 atom stereocenters. The summed E-state index contributed by atoms with van der Waals surface area (Å²) >= 11 is 10.0. The van der Waals surface area contributed by atoms with Crippen LogP contribution in [0.3, 0.4) is 0 Å². The normalized spacial score (nSPS) is 11.6. The number of amides is 2. The molecule has 0 aliphatic carbocycles. The number of hydrogen-bond donors (Lipinski definition) is 1. The Hall–Kier alpha value is -2.83. The molecule has 3 rings (SSSR count). The Morgan fingerprint density at radius 1 is 1.03 bits per heavy atom. The van der Waals surface area contributed by atoms with Crippen LogP contribution >= 0.6 is 27.5 Å². The van der Waals surface area contributed by atoms with Gasteiger partial charge in [0.1, 0.15) is 11.8 Å². The summed E-state index contributed by atoms with van der Waals surface area (Å²) in [5.41, 5.74) is 3.78. The van der Waals surface area contributed by atoms with Crippen LogP contribution in [0.15, 0.2) is 71.2 Å². The van der Waals surface area contributed by atoms with E-state index in [9.17, 15) is 9.59 Å². The minimum Gasteiger partial charge on any atom is -0.484 e. The SMILES string of the molecule is CCCCNC(=O)C(Cc1ccccc1)N(Cc1ccccc1Cl)C(=O)COc1cc(C)c(Br)c(C)c1. The first-order chi connectivity index (χ1) is 17.8. The smallest absolute Gasteiger partial charge is 0.261 e. The number of unbranched alkanes of at least 4 members (excludes halogenated alkanes) is 1. The van der Waals surface area contributed by atoms with E-state index >= 15 is 0 Å². The third-order valence-corrected chi connectivity index (χ3v) is 7.79. The van der Waals surface area contributed by atoms with Crippen LogP contribution in [0.1, 0.15) is 42.0 Å². The largest absolute Gasteiger partial charge is 0.484 e. The number of halogens is 2. The van der Waals surface area contributed by atoms with Gasteiger partial charge in [-0.05, 0) is 60.7 Å². The average molecular weight is 586 g/mol. The Bertz CT molecular complexity index is 1180. The standard InChI is InChI=1S/C30H34BrClN2O3/c1-4-5-15-33-30(36)27(18-23-11-7-6-8-12-23)34(19-24-13-9-10-14-26(24)32)28(35)20-37-25-16-21(2)29(31)22(3)17-25/h6-14,16-17,27H,4-5,15,18-20H2,1-3H3,(H,33,36). The highest BCUT2D eigenvalue weighted by atomic mass is 79.9. The van der Waals surface area contributed by atoms with Crippen molar-refractivity contribution < 1.29 is 14.3 Å². The predicted octanol–water partition coefficient (Wildman–Crippen LogP) is 6.65. The van der Waals surface area contributed by atoms with Crippen LogP contribution in [0.25, 0.3) is 0 Å². The van der Waals surface area contributed by atoms with Crippen molar-refractivity contribution in [2.45, 2.75) is 52.6 Å². The summed E-state index contributed by atoms with van der Waals surface area (Å²) < 4.78 is 6.95. The highest BCUT2D eigenvalue weighted by molar-refractivity contribution is 9.10. The van der Waals surface area contributed by atoms with Crippen molar-refractivity contribution in [1.29, 1.82) is 0 Å². The second-order valence-electron chi connectivity index (χ2n) is 9.12. The maximum Gasteiger partial charge on any atom is 0.261 e. The quantitative estimate of drug-likeness (QED) is 0.242. The summed E-state index contributed by atoms with van der Waals surface area (Å²) in [6, 6.07) is 20.2. The van der Waals surface area contributed by atoms with E-state index < -0.39 is 6.04 Å². The maximum absolute atomic E-state index is 13.7. The number of aryl methyl sites for hydroxylation is 2. The van der Waals surface area contributed by atoms with Crippen molar-refractivity contribution in [3.05, 3.63) is 98.5 Å². The molecule has 196 valence electrons. The van der Waals surface area contributed by atoms with E-state index in [2.05, 4.69) is 28.2 Å². The first-order valence-corrected chi connectivity index (χ1v) is 13.7. The number of nitrogens with one attached hydrogen (secondary N) is 1. The van der Waals surface area contributed by atoms with E-state index in [4.69, 9.17) is 16.3 Å². The summed E-state index contributed by atoms with van der Waals surface area (Å²) in [5.74, 6) is 0.133. The zero-order valence-electron chi connectivity index (χ0n) is 21.6. The van der Waals surface area contributed by atoms with Crippen molar-refractivity contribution in [3.63, 3.8) is 0 Å². The van der Waals surface area contributed by atoms with Crippen LogP contribution in [-0.2, 0) is 22.6 Å². The Labute approximate surface area is 233 Å². The fraction of sp³-hybridized carbons (Fsp3) is 0.333. The van der Waals surface area contributed by atoms with E-state index in [1.807, 2.05) is 74.5 Å². The third-order valence-electron chi connectivity index (χ3n) is 6.17. The highest BCUT2D eigenvalue weighted by Gasteiger charge is 2.31. The molecule has 3 aromatic rings. The minimum atomic E-state index is -0.722. The lowest BCUT2D eigenvalue weighted by Crippen LogP contribution is -2.51. The second kappa shape index (κ2) is 14.2. The van der Waals surface area contributed by atoms with Gasteiger partial charge >= 0.3 is 0 Å². The van der Waals surface area contributed by atoms with E-state index in [-0.39, 0.29) is 25.0 Å². The number of ether oxygens (including phenoxy) is 1. The van der Waals surface area contributed by atoms with Crippen molar-refractivity contribution in [2.24, 2.45) is 0 Å².